The molecule has 228 valence electrons. The summed E-state index contributed by atoms with van der Waals surface area (Å²) in [5.74, 6) is 1.81. The topological polar surface area (TPSA) is 19.1 Å². The van der Waals surface area contributed by atoms with Gasteiger partial charge >= 0.3 is 0 Å². The molecule has 0 saturated heterocycles. The summed E-state index contributed by atoms with van der Waals surface area (Å²) >= 11 is 0. The van der Waals surface area contributed by atoms with Gasteiger partial charge in [0.2, 0.25) is 0 Å². The second-order valence-electron chi connectivity index (χ2n) is 12.9. The van der Waals surface area contributed by atoms with E-state index in [9.17, 15) is 0 Å². The summed E-state index contributed by atoms with van der Waals surface area (Å²) < 4.78 is 11.3. The van der Waals surface area contributed by atoms with Crippen molar-refractivity contribution in [2.45, 2.75) is 0 Å². The molecule has 0 atom stereocenters. The molecule has 1 aliphatic rings. The van der Waals surface area contributed by atoms with Crippen molar-refractivity contribution in [1.29, 1.82) is 0 Å². The number of nitrogens with zero attached hydrogens (tertiary/aromatic N) is 2. The van der Waals surface area contributed by atoms with Gasteiger partial charge in [-0.2, -0.15) is 0 Å². The number of ether oxygens (including phenoxy) is 1. The average molecular weight is 625 g/mol. The third-order valence-corrected chi connectivity index (χ3v) is 10.3. The van der Waals surface area contributed by atoms with Crippen LogP contribution in [0, 0.1) is 0 Å². The first-order valence-electron chi connectivity index (χ1n) is 16.8. The van der Waals surface area contributed by atoms with Gasteiger partial charge in [0.05, 0.1) is 22.1 Å². The van der Waals surface area contributed by atoms with E-state index in [1.807, 2.05) is 6.07 Å². The molecule has 3 nitrogen and oxygen atoms in total. The molecule has 3 heterocycles. The number of hydrogen-bond donors (Lipinski definition) is 0. The van der Waals surface area contributed by atoms with Gasteiger partial charge in [-0.3, -0.25) is 0 Å². The molecule has 3 heteroatoms. The molecule has 0 unspecified atom stereocenters. The molecule has 2 aromatic heterocycles. The van der Waals surface area contributed by atoms with Crippen molar-refractivity contribution < 1.29 is 4.74 Å². The van der Waals surface area contributed by atoms with Crippen LogP contribution < -0.4 is 4.74 Å². The van der Waals surface area contributed by atoms with E-state index in [1.165, 1.54) is 76.8 Å². The number of aromatic nitrogens is 2. The summed E-state index contributed by atoms with van der Waals surface area (Å²) in [7, 11) is 0. The third-order valence-electron chi connectivity index (χ3n) is 10.3. The van der Waals surface area contributed by atoms with E-state index in [1.54, 1.807) is 0 Å². The molecule has 0 radical (unpaired) electrons. The molecular formula is C46H28N2O. The Labute approximate surface area is 282 Å². The monoisotopic (exact) mass is 624 g/mol. The lowest BCUT2D eigenvalue weighted by molar-refractivity contribution is 0.487. The van der Waals surface area contributed by atoms with Crippen LogP contribution in [0.3, 0.4) is 0 Å². The second kappa shape index (κ2) is 9.96. The molecule has 10 aromatic rings. The van der Waals surface area contributed by atoms with Crippen LogP contribution in [0.5, 0.6) is 11.5 Å². The number of rotatable bonds is 3. The van der Waals surface area contributed by atoms with Crippen LogP contribution in [-0.2, 0) is 0 Å². The Hall–Kier alpha value is -6.58. The number of hydrogen-bond acceptors (Lipinski definition) is 1. The van der Waals surface area contributed by atoms with Gasteiger partial charge in [-0.05, 0) is 94.9 Å². The minimum atomic E-state index is 0.899. The molecule has 8 aromatic carbocycles. The molecule has 0 N–H and O–H groups in total. The Morgan fingerprint density at radius 2 is 0.898 bits per heavy atom. The van der Waals surface area contributed by atoms with E-state index in [0.29, 0.717) is 0 Å². The van der Waals surface area contributed by atoms with Gasteiger partial charge in [0.25, 0.3) is 0 Å². The summed E-state index contributed by atoms with van der Waals surface area (Å²) in [6, 6.07) is 61.2. The Morgan fingerprint density at radius 3 is 1.67 bits per heavy atom. The summed E-state index contributed by atoms with van der Waals surface area (Å²) in [5, 5.41) is 7.35. The number of fused-ring (bicyclic) bond motifs is 9. The van der Waals surface area contributed by atoms with Gasteiger partial charge in [0, 0.05) is 43.9 Å². The maximum absolute atomic E-state index is 6.50. The highest BCUT2D eigenvalue weighted by molar-refractivity contribution is 6.26. The largest absolute Gasteiger partial charge is 0.456 e. The Kier molecular flexibility index (Phi) is 5.38. The van der Waals surface area contributed by atoms with Crippen LogP contribution in [0.15, 0.2) is 170 Å². The standard InChI is InChI=1S/C46H28N2O/c1-3-12-31(13-4-1)47-39-19-9-7-16-33(39)36-26-29(22-24-40(36)47)30-23-25-41-38(27-30)45-35-18-11-21-44-46(35)37(34-17-8-10-20-43(34)49-44)28-42(45)48(41)32-14-5-2-6-15-32/h1-28H. The molecule has 0 aliphatic carbocycles. The Balaban J connectivity index is 1.21. The molecule has 0 fully saturated rings. The van der Waals surface area contributed by atoms with Crippen LogP contribution in [0.25, 0.3) is 88.0 Å². The second-order valence-corrected chi connectivity index (χ2v) is 12.9. The first-order valence-corrected chi connectivity index (χ1v) is 16.8. The van der Waals surface area contributed by atoms with Crippen LogP contribution in [0.2, 0.25) is 0 Å². The maximum atomic E-state index is 6.50. The molecule has 0 bridgehead atoms. The quantitative estimate of drug-likeness (QED) is 0.191. The first-order chi connectivity index (χ1) is 24.3. The Bertz CT molecular complexity index is 2950. The van der Waals surface area contributed by atoms with E-state index < -0.39 is 0 Å². The van der Waals surface area contributed by atoms with Crippen molar-refractivity contribution >= 4 is 54.4 Å². The molecule has 0 saturated carbocycles. The van der Waals surface area contributed by atoms with Crippen molar-refractivity contribution in [2.24, 2.45) is 0 Å². The van der Waals surface area contributed by atoms with E-state index in [2.05, 4.69) is 173 Å². The van der Waals surface area contributed by atoms with Gasteiger partial charge in [-0.15, -0.1) is 0 Å². The van der Waals surface area contributed by atoms with Gasteiger partial charge in [-0.25, -0.2) is 0 Å². The van der Waals surface area contributed by atoms with Crippen molar-refractivity contribution in [2.75, 3.05) is 0 Å². The summed E-state index contributed by atoms with van der Waals surface area (Å²) in [4.78, 5) is 0. The maximum Gasteiger partial charge on any atom is 0.135 e. The van der Waals surface area contributed by atoms with Crippen molar-refractivity contribution in [3.8, 4) is 45.1 Å². The zero-order chi connectivity index (χ0) is 32.1. The van der Waals surface area contributed by atoms with Crippen molar-refractivity contribution in [3.05, 3.63) is 170 Å². The zero-order valence-corrected chi connectivity index (χ0v) is 26.5. The van der Waals surface area contributed by atoms with Gasteiger partial charge in [0.15, 0.2) is 0 Å². The lowest BCUT2D eigenvalue weighted by Gasteiger charge is -2.22. The zero-order valence-electron chi connectivity index (χ0n) is 26.5. The van der Waals surface area contributed by atoms with Crippen molar-refractivity contribution in [3.63, 3.8) is 0 Å². The predicted molar refractivity (Wildman–Crippen MR) is 204 cm³/mol. The van der Waals surface area contributed by atoms with Crippen molar-refractivity contribution in [1.82, 2.24) is 9.13 Å². The minimum absolute atomic E-state index is 0.899. The van der Waals surface area contributed by atoms with E-state index in [4.69, 9.17) is 4.74 Å². The highest BCUT2D eigenvalue weighted by Gasteiger charge is 2.25. The van der Waals surface area contributed by atoms with Gasteiger partial charge in [-0.1, -0.05) is 97.1 Å². The predicted octanol–water partition coefficient (Wildman–Crippen LogP) is 12.5. The van der Waals surface area contributed by atoms with Crippen LogP contribution in [0.1, 0.15) is 0 Å². The van der Waals surface area contributed by atoms with Crippen LogP contribution >= 0.6 is 0 Å². The third kappa shape index (κ3) is 3.73. The molecule has 49 heavy (non-hydrogen) atoms. The normalized spacial score (nSPS) is 12.2. The smallest absolute Gasteiger partial charge is 0.135 e. The Morgan fingerprint density at radius 1 is 0.327 bits per heavy atom. The lowest BCUT2D eigenvalue weighted by atomic mass is 9.91. The average Bonchev–Trinajstić information content (AvgIpc) is 3.68. The van der Waals surface area contributed by atoms with Crippen LogP contribution in [-0.4, -0.2) is 9.13 Å². The molecule has 0 spiro atoms. The molecule has 0 amide bonds. The SMILES string of the molecule is c1ccc(-n2c3ccccc3c3cc(-c4ccc5c(c4)c4c6cccc7c6c(cc4n5-c4ccccc4)-c4ccccc4O7)ccc32)cc1. The fourth-order valence-corrected chi connectivity index (χ4v) is 8.19. The summed E-state index contributed by atoms with van der Waals surface area (Å²) in [6.07, 6.45) is 0. The van der Waals surface area contributed by atoms with E-state index in [0.717, 1.165) is 22.7 Å². The van der Waals surface area contributed by atoms with Crippen LogP contribution in [0.4, 0.5) is 0 Å². The summed E-state index contributed by atoms with van der Waals surface area (Å²) in [5.41, 5.74) is 11.8. The highest BCUT2D eigenvalue weighted by atomic mass is 16.5. The molecular weight excluding hydrogens is 597 g/mol. The fraction of sp³-hybridized carbons (Fsp3) is 0. The number of benzene rings is 8. The summed E-state index contributed by atoms with van der Waals surface area (Å²) in [6.45, 7) is 0. The first kappa shape index (κ1) is 26.5. The fourth-order valence-electron chi connectivity index (χ4n) is 8.19. The van der Waals surface area contributed by atoms with Gasteiger partial charge < -0.3 is 13.9 Å². The van der Waals surface area contributed by atoms with E-state index >= 15 is 0 Å². The minimum Gasteiger partial charge on any atom is -0.456 e. The molecule has 1 aliphatic heterocycles. The highest BCUT2D eigenvalue weighted by Crippen LogP contribution is 2.50. The van der Waals surface area contributed by atoms with E-state index in [-0.39, 0.29) is 0 Å². The number of para-hydroxylation sites is 4. The van der Waals surface area contributed by atoms with Gasteiger partial charge in [0.1, 0.15) is 11.5 Å². The lowest BCUT2D eigenvalue weighted by Crippen LogP contribution is -1.98. The molecule has 11 rings (SSSR count).